The van der Waals surface area contributed by atoms with Crippen molar-refractivity contribution in [2.45, 2.75) is 20.4 Å². The van der Waals surface area contributed by atoms with E-state index < -0.39 is 0 Å². The minimum atomic E-state index is 0.582. The van der Waals surface area contributed by atoms with Crippen LogP contribution in [0.5, 0.6) is 5.88 Å². The van der Waals surface area contributed by atoms with Crippen LogP contribution in [-0.4, -0.2) is 23.6 Å². The molecule has 0 atom stereocenters. The molecule has 1 aromatic heterocycles. The van der Waals surface area contributed by atoms with Gasteiger partial charge in [-0.2, -0.15) is 4.98 Å². The molecule has 1 heterocycles. The summed E-state index contributed by atoms with van der Waals surface area (Å²) in [5.41, 5.74) is 8.60. The molecule has 0 fully saturated rings. The second kappa shape index (κ2) is 6.23. The number of anilines is 2. The first-order valence-electron chi connectivity index (χ1n) is 6.61. The molecule has 2 N–H and O–H groups in total. The SMILES string of the molecule is CCN(Cc1cccc(N)c1)c1nc(C)cc(OC)n1. The molecule has 0 saturated carbocycles. The van der Waals surface area contributed by atoms with Crippen molar-refractivity contribution in [3.05, 3.63) is 41.6 Å². The van der Waals surface area contributed by atoms with Crippen LogP contribution in [-0.2, 0) is 6.54 Å². The summed E-state index contributed by atoms with van der Waals surface area (Å²) in [6.07, 6.45) is 0. The Bertz CT molecular complexity index is 586. The quantitative estimate of drug-likeness (QED) is 0.847. The first-order valence-corrected chi connectivity index (χ1v) is 6.61. The van der Waals surface area contributed by atoms with Crippen molar-refractivity contribution in [2.24, 2.45) is 0 Å². The predicted molar refractivity (Wildman–Crippen MR) is 80.9 cm³/mol. The summed E-state index contributed by atoms with van der Waals surface area (Å²) in [5, 5.41) is 0. The van der Waals surface area contributed by atoms with Gasteiger partial charge in [0.25, 0.3) is 0 Å². The van der Waals surface area contributed by atoms with E-state index in [2.05, 4.69) is 21.8 Å². The third-order valence-corrected chi connectivity index (χ3v) is 3.02. The molecule has 0 aliphatic carbocycles. The number of nitrogens with two attached hydrogens (primary N) is 1. The first-order chi connectivity index (χ1) is 9.62. The average Bonchev–Trinajstić information content (AvgIpc) is 2.44. The van der Waals surface area contributed by atoms with E-state index >= 15 is 0 Å². The zero-order chi connectivity index (χ0) is 14.5. The molecule has 1 aromatic carbocycles. The van der Waals surface area contributed by atoms with E-state index in [1.807, 2.05) is 37.3 Å². The topological polar surface area (TPSA) is 64.3 Å². The van der Waals surface area contributed by atoms with E-state index in [-0.39, 0.29) is 0 Å². The number of nitrogen functional groups attached to an aromatic ring is 1. The van der Waals surface area contributed by atoms with Crippen LogP contribution >= 0.6 is 0 Å². The van der Waals surface area contributed by atoms with Gasteiger partial charge >= 0.3 is 0 Å². The van der Waals surface area contributed by atoms with Crippen molar-refractivity contribution in [1.82, 2.24) is 9.97 Å². The molecular weight excluding hydrogens is 252 g/mol. The standard InChI is InChI=1S/C15H20N4O/c1-4-19(10-12-6-5-7-13(16)9-12)15-17-11(2)8-14(18-15)20-3/h5-9H,4,10,16H2,1-3H3. The fourth-order valence-corrected chi connectivity index (χ4v) is 2.01. The Morgan fingerprint density at radius 1 is 1.25 bits per heavy atom. The fraction of sp³-hybridized carbons (Fsp3) is 0.333. The molecule has 0 amide bonds. The summed E-state index contributed by atoms with van der Waals surface area (Å²) >= 11 is 0. The zero-order valence-corrected chi connectivity index (χ0v) is 12.1. The molecule has 20 heavy (non-hydrogen) atoms. The van der Waals surface area contributed by atoms with Crippen molar-refractivity contribution in [1.29, 1.82) is 0 Å². The molecule has 0 spiro atoms. The van der Waals surface area contributed by atoms with Crippen molar-refractivity contribution >= 4 is 11.6 Å². The average molecular weight is 272 g/mol. The Morgan fingerprint density at radius 3 is 2.70 bits per heavy atom. The lowest BCUT2D eigenvalue weighted by molar-refractivity contribution is 0.396. The molecule has 5 nitrogen and oxygen atoms in total. The zero-order valence-electron chi connectivity index (χ0n) is 12.1. The Labute approximate surface area is 119 Å². The summed E-state index contributed by atoms with van der Waals surface area (Å²) in [4.78, 5) is 11.0. The van der Waals surface area contributed by atoms with Gasteiger partial charge in [0, 0.05) is 30.5 Å². The Hall–Kier alpha value is -2.30. The van der Waals surface area contributed by atoms with E-state index in [0.717, 1.165) is 23.5 Å². The highest BCUT2D eigenvalue weighted by molar-refractivity contribution is 5.43. The van der Waals surface area contributed by atoms with Gasteiger partial charge in [0.1, 0.15) is 0 Å². The number of benzene rings is 1. The third-order valence-electron chi connectivity index (χ3n) is 3.02. The van der Waals surface area contributed by atoms with E-state index in [1.54, 1.807) is 7.11 Å². The van der Waals surface area contributed by atoms with E-state index in [1.165, 1.54) is 0 Å². The van der Waals surface area contributed by atoms with Gasteiger partial charge in [0.05, 0.1) is 7.11 Å². The number of hydrogen-bond acceptors (Lipinski definition) is 5. The number of hydrogen-bond donors (Lipinski definition) is 1. The molecule has 0 aliphatic heterocycles. The summed E-state index contributed by atoms with van der Waals surface area (Å²) < 4.78 is 5.20. The van der Waals surface area contributed by atoms with Crippen molar-refractivity contribution in [3.63, 3.8) is 0 Å². The minimum absolute atomic E-state index is 0.582. The van der Waals surface area contributed by atoms with E-state index in [0.29, 0.717) is 18.4 Å². The van der Waals surface area contributed by atoms with Gasteiger partial charge < -0.3 is 15.4 Å². The molecule has 0 radical (unpaired) electrons. The van der Waals surface area contributed by atoms with Gasteiger partial charge in [-0.25, -0.2) is 4.98 Å². The molecule has 0 bridgehead atoms. The maximum atomic E-state index is 5.81. The molecule has 0 aliphatic rings. The highest BCUT2D eigenvalue weighted by Crippen LogP contribution is 2.18. The molecule has 0 unspecified atom stereocenters. The first kappa shape index (κ1) is 14.1. The van der Waals surface area contributed by atoms with Crippen molar-refractivity contribution < 1.29 is 4.74 Å². The smallest absolute Gasteiger partial charge is 0.229 e. The number of ether oxygens (including phenoxy) is 1. The molecule has 5 heteroatoms. The van der Waals surface area contributed by atoms with Crippen LogP contribution in [0.3, 0.4) is 0 Å². The number of aryl methyl sites for hydroxylation is 1. The minimum Gasteiger partial charge on any atom is -0.481 e. The van der Waals surface area contributed by atoms with Crippen molar-refractivity contribution in [3.8, 4) is 5.88 Å². The van der Waals surface area contributed by atoms with Gasteiger partial charge in [-0.15, -0.1) is 0 Å². The summed E-state index contributed by atoms with van der Waals surface area (Å²) in [5.74, 6) is 1.25. The van der Waals surface area contributed by atoms with Crippen LogP contribution in [0.2, 0.25) is 0 Å². The second-order valence-corrected chi connectivity index (χ2v) is 4.61. The number of aromatic nitrogens is 2. The molecule has 2 aromatic rings. The maximum Gasteiger partial charge on any atom is 0.229 e. The van der Waals surface area contributed by atoms with Crippen LogP contribution < -0.4 is 15.4 Å². The van der Waals surface area contributed by atoms with Gasteiger partial charge in [0.15, 0.2) is 0 Å². The van der Waals surface area contributed by atoms with Gasteiger partial charge in [-0.05, 0) is 31.5 Å². The summed E-state index contributed by atoms with van der Waals surface area (Å²) in [6, 6.07) is 9.67. The number of nitrogens with zero attached hydrogens (tertiary/aromatic N) is 3. The maximum absolute atomic E-state index is 5.81. The molecule has 106 valence electrons. The van der Waals surface area contributed by atoms with Gasteiger partial charge in [-0.1, -0.05) is 12.1 Å². The van der Waals surface area contributed by atoms with Crippen LogP contribution in [0.25, 0.3) is 0 Å². The third kappa shape index (κ3) is 3.38. The van der Waals surface area contributed by atoms with Gasteiger partial charge in [0.2, 0.25) is 11.8 Å². The highest BCUT2D eigenvalue weighted by atomic mass is 16.5. The number of rotatable bonds is 5. The van der Waals surface area contributed by atoms with Crippen LogP contribution in [0, 0.1) is 6.92 Å². The lowest BCUT2D eigenvalue weighted by Gasteiger charge is -2.21. The normalized spacial score (nSPS) is 10.3. The Kier molecular flexibility index (Phi) is 4.40. The second-order valence-electron chi connectivity index (χ2n) is 4.61. The van der Waals surface area contributed by atoms with Crippen LogP contribution in [0.1, 0.15) is 18.2 Å². The highest BCUT2D eigenvalue weighted by Gasteiger charge is 2.11. The lowest BCUT2D eigenvalue weighted by atomic mass is 10.2. The molecular formula is C15H20N4O. The van der Waals surface area contributed by atoms with Crippen LogP contribution in [0.4, 0.5) is 11.6 Å². The summed E-state index contributed by atoms with van der Waals surface area (Å²) in [6.45, 7) is 5.53. The summed E-state index contributed by atoms with van der Waals surface area (Å²) in [7, 11) is 1.61. The monoisotopic (exact) mass is 272 g/mol. The lowest BCUT2D eigenvalue weighted by Crippen LogP contribution is -2.24. The Morgan fingerprint density at radius 2 is 2.05 bits per heavy atom. The van der Waals surface area contributed by atoms with Crippen molar-refractivity contribution in [2.75, 3.05) is 24.3 Å². The largest absolute Gasteiger partial charge is 0.481 e. The van der Waals surface area contributed by atoms with Crippen LogP contribution in [0.15, 0.2) is 30.3 Å². The van der Waals surface area contributed by atoms with E-state index in [9.17, 15) is 0 Å². The predicted octanol–water partition coefficient (Wildman–Crippen LogP) is 2.40. The fourth-order valence-electron chi connectivity index (χ4n) is 2.01. The molecule has 0 saturated heterocycles. The molecule has 2 rings (SSSR count). The number of methoxy groups -OCH3 is 1. The Balaban J connectivity index is 2.26. The van der Waals surface area contributed by atoms with Gasteiger partial charge in [-0.3, -0.25) is 0 Å². The van der Waals surface area contributed by atoms with E-state index in [4.69, 9.17) is 10.5 Å².